The van der Waals surface area contributed by atoms with Gasteiger partial charge in [0.05, 0.1) is 12.2 Å². The number of hydroxylamine groups is 1. The number of carbonyl (C=O) groups is 2. The van der Waals surface area contributed by atoms with Crippen molar-refractivity contribution in [2.24, 2.45) is 10.9 Å². The molecule has 144 valence electrons. The van der Waals surface area contributed by atoms with Gasteiger partial charge in [-0.15, -0.1) is 0 Å². The fourth-order valence-electron chi connectivity index (χ4n) is 3.92. The molecule has 0 fully saturated rings. The molecule has 2 atom stereocenters. The van der Waals surface area contributed by atoms with Gasteiger partial charge >= 0.3 is 0 Å². The summed E-state index contributed by atoms with van der Waals surface area (Å²) >= 11 is 0. The zero-order valence-electron chi connectivity index (χ0n) is 15.0. The van der Waals surface area contributed by atoms with Crippen LogP contribution in [-0.2, 0) is 19.1 Å². The molecule has 0 aromatic heterocycles. The largest absolute Gasteiger partial charge is 0.486 e. The molecular formula is C19H23N3O5. The number of allylic oxidation sites excluding steroid dienone is 5. The summed E-state index contributed by atoms with van der Waals surface area (Å²) in [6.45, 7) is 0.797. The molecule has 2 aliphatic carbocycles. The van der Waals surface area contributed by atoms with Crippen LogP contribution in [0.25, 0.3) is 0 Å². The molecule has 4 aliphatic rings. The summed E-state index contributed by atoms with van der Waals surface area (Å²) in [5.41, 5.74) is 3.62. The highest BCUT2D eigenvalue weighted by Crippen LogP contribution is 2.35. The second kappa shape index (κ2) is 7.56. The Morgan fingerprint density at radius 2 is 2.30 bits per heavy atom. The van der Waals surface area contributed by atoms with Gasteiger partial charge in [-0.2, -0.15) is 0 Å². The van der Waals surface area contributed by atoms with Gasteiger partial charge in [-0.1, -0.05) is 18.2 Å². The second-order valence-electron chi connectivity index (χ2n) is 7.10. The van der Waals surface area contributed by atoms with Crippen LogP contribution in [0.5, 0.6) is 0 Å². The minimum Gasteiger partial charge on any atom is -0.486 e. The van der Waals surface area contributed by atoms with E-state index >= 15 is 0 Å². The number of carbonyl (C=O) groups excluding carboxylic acids is 2. The van der Waals surface area contributed by atoms with E-state index in [0.717, 1.165) is 18.6 Å². The lowest BCUT2D eigenvalue weighted by Gasteiger charge is -2.36. The minimum absolute atomic E-state index is 0.0116. The average Bonchev–Trinajstić information content (AvgIpc) is 3.18. The van der Waals surface area contributed by atoms with E-state index in [1.165, 1.54) is 5.57 Å². The lowest BCUT2D eigenvalue weighted by atomic mass is 9.89. The number of hydrogen-bond acceptors (Lipinski definition) is 6. The molecule has 2 heterocycles. The van der Waals surface area contributed by atoms with Crippen LogP contribution in [0.1, 0.15) is 32.1 Å². The highest BCUT2D eigenvalue weighted by atomic mass is 16.5. The van der Waals surface area contributed by atoms with Crippen LogP contribution in [0.15, 0.2) is 40.2 Å². The Bertz CT molecular complexity index is 767. The van der Waals surface area contributed by atoms with Gasteiger partial charge in [0.1, 0.15) is 18.4 Å². The van der Waals surface area contributed by atoms with Crippen LogP contribution in [0, 0.1) is 5.92 Å². The molecule has 0 saturated carbocycles. The van der Waals surface area contributed by atoms with Crippen molar-refractivity contribution in [2.45, 2.75) is 38.2 Å². The highest BCUT2D eigenvalue weighted by molar-refractivity contribution is 5.88. The molecule has 0 radical (unpaired) electrons. The van der Waals surface area contributed by atoms with Gasteiger partial charge in [0.15, 0.2) is 6.61 Å². The van der Waals surface area contributed by atoms with E-state index in [4.69, 9.17) is 14.7 Å². The number of aliphatic imine (C=N–C) groups is 1. The first-order chi connectivity index (χ1) is 13.2. The Hall–Kier alpha value is -2.61. The summed E-state index contributed by atoms with van der Waals surface area (Å²) < 4.78 is 11.6. The normalized spacial score (nSPS) is 27.4. The van der Waals surface area contributed by atoms with Crippen LogP contribution < -0.4 is 5.48 Å². The van der Waals surface area contributed by atoms with E-state index in [9.17, 15) is 9.59 Å². The van der Waals surface area contributed by atoms with E-state index < -0.39 is 5.91 Å². The SMILES string of the molecule is O=C(NO)C1CCC2=C(C1)N(CC1=NCC(C3=CC=CCC3)O1)C(=O)CO2. The molecule has 8 nitrogen and oxygen atoms in total. The number of ether oxygens (including phenoxy) is 2. The predicted molar refractivity (Wildman–Crippen MR) is 95.6 cm³/mol. The van der Waals surface area contributed by atoms with Gasteiger partial charge in [0.2, 0.25) is 11.8 Å². The Morgan fingerprint density at radius 3 is 3.07 bits per heavy atom. The summed E-state index contributed by atoms with van der Waals surface area (Å²) in [6, 6.07) is 0. The first kappa shape index (κ1) is 17.8. The molecule has 2 aliphatic heterocycles. The maximum Gasteiger partial charge on any atom is 0.265 e. The number of rotatable bonds is 4. The first-order valence-electron chi connectivity index (χ1n) is 9.30. The Kier molecular flexibility index (Phi) is 4.98. The van der Waals surface area contributed by atoms with E-state index in [1.807, 2.05) is 6.08 Å². The van der Waals surface area contributed by atoms with Gasteiger partial charge in [-0.3, -0.25) is 14.8 Å². The number of nitrogens with one attached hydrogen (secondary N) is 1. The standard InChI is InChI=1S/C19H23N3O5/c23-18-11-26-15-7-6-13(19(24)21-25)8-14(15)22(18)10-17-20-9-16(27-17)12-4-2-1-3-5-12/h1-2,4,13,16,25H,3,5-11H2,(H,21,24). The van der Waals surface area contributed by atoms with Gasteiger partial charge in [-0.25, -0.2) is 10.5 Å². The molecule has 0 bridgehead atoms. The maximum absolute atomic E-state index is 12.5. The molecule has 4 rings (SSSR count). The monoisotopic (exact) mass is 373 g/mol. The summed E-state index contributed by atoms with van der Waals surface area (Å²) in [4.78, 5) is 30.4. The molecule has 0 spiro atoms. The third-order valence-corrected chi connectivity index (χ3v) is 5.42. The molecule has 2 unspecified atom stereocenters. The summed E-state index contributed by atoms with van der Waals surface area (Å²) in [7, 11) is 0. The Balaban J connectivity index is 1.46. The van der Waals surface area contributed by atoms with Crippen molar-refractivity contribution in [2.75, 3.05) is 19.7 Å². The van der Waals surface area contributed by atoms with Gasteiger partial charge in [0.25, 0.3) is 5.91 Å². The molecule has 0 aromatic carbocycles. The van der Waals surface area contributed by atoms with Crippen molar-refractivity contribution in [1.82, 2.24) is 10.4 Å². The van der Waals surface area contributed by atoms with Crippen LogP contribution in [-0.4, -0.2) is 53.6 Å². The Morgan fingerprint density at radius 1 is 1.41 bits per heavy atom. The van der Waals surface area contributed by atoms with E-state index in [-0.39, 0.29) is 31.1 Å². The van der Waals surface area contributed by atoms with Gasteiger partial charge in [-0.05, 0) is 24.8 Å². The molecule has 0 aromatic rings. The van der Waals surface area contributed by atoms with Crippen LogP contribution in [0.3, 0.4) is 0 Å². The van der Waals surface area contributed by atoms with Crippen LogP contribution in [0.2, 0.25) is 0 Å². The van der Waals surface area contributed by atoms with Gasteiger partial charge < -0.3 is 14.4 Å². The van der Waals surface area contributed by atoms with Crippen LogP contribution in [0.4, 0.5) is 0 Å². The summed E-state index contributed by atoms with van der Waals surface area (Å²) in [5, 5.41) is 8.91. The molecule has 27 heavy (non-hydrogen) atoms. The average molecular weight is 373 g/mol. The van der Waals surface area contributed by atoms with Gasteiger partial charge in [0, 0.05) is 18.8 Å². The summed E-state index contributed by atoms with van der Waals surface area (Å²) in [6.07, 6.45) is 9.64. The smallest absolute Gasteiger partial charge is 0.265 e. The third-order valence-electron chi connectivity index (χ3n) is 5.42. The van der Waals surface area contributed by atoms with Crippen molar-refractivity contribution in [3.63, 3.8) is 0 Å². The fourth-order valence-corrected chi connectivity index (χ4v) is 3.92. The zero-order valence-corrected chi connectivity index (χ0v) is 15.0. The minimum atomic E-state index is -0.439. The molecule has 0 saturated heterocycles. The first-order valence-corrected chi connectivity index (χ1v) is 9.30. The summed E-state index contributed by atoms with van der Waals surface area (Å²) in [5.74, 6) is 0.280. The topological polar surface area (TPSA) is 100 Å². The third kappa shape index (κ3) is 3.62. The van der Waals surface area contributed by atoms with Crippen molar-refractivity contribution >= 4 is 17.7 Å². The highest BCUT2D eigenvalue weighted by Gasteiger charge is 2.37. The fraction of sp³-hybridized carbons (Fsp3) is 0.526. The molecular weight excluding hydrogens is 350 g/mol. The van der Waals surface area contributed by atoms with E-state index in [1.54, 1.807) is 10.4 Å². The Labute approximate surface area is 157 Å². The van der Waals surface area contributed by atoms with Crippen molar-refractivity contribution in [3.05, 3.63) is 35.3 Å². The zero-order chi connectivity index (χ0) is 18.8. The van der Waals surface area contributed by atoms with E-state index in [2.05, 4.69) is 17.1 Å². The predicted octanol–water partition coefficient (Wildman–Crippen LogP) is 1.44. The second-order valence-corrected chi connectivity index (χ2v) is 7.10. The lowest BCUT2D eigenvalue weighted by Crippen LogP contribution is -2.44. The van der Waals surface area contributed by atoms with E-state index in [0.29, 0.717) is 37.4 Å². The lowest BCUT2D eigenvalue weighted by molar-refractivity contribution is -0.138. The number of hydrogen-bond donors (Lipinski definition) is 2. The molecule has 2 N–H and O–H groups in total. The quantitative estimate of drug-likeness (QED) is 0.574. The van der Waals surface area contributed by atoms with Crippen molar-refractivity contribution in [1.29, 1.82) is 0 Å². The molecule has 2 amide bonds. The number of nitrogens with zero attached hydrogens (tertiary/aromatic N) is 2. The van der Waals surface area contributed by atoms with Crippen molar-refractivity contribution < 1.29 is 24.3 Å². The maximum atomic E-state index is 12.5. The number of amides is 2. The van der Waals surface area contributed by atoms with Crippen LogP contribution >= 0.6 is 0 Å². The molecule has 8 heteroatoms. The van der Waals surface area contributed by atoms with Crippen molar-refractivity contribution in [3.8, 4) is 0 Å².